The molecular formula is C48H92O6. The Bertz CT molecular complexity index is 811. The van der Waals surface area contributed by atoms with E-state index in [1.165, 1.54) is 161 Å². The zero-order valence-electron chi connectivity index (χ0n) is 36.7. The molecule has 54 heavy (non-hydrogen) atoms. The van der Waals surface area contributed by atoms with E-state index in [1.54, 1.807) is 0 Å². The smallest absolute Gasteiger partial charge is 0.306 e. The predicted octanol–water partition coefficient (Wildman–Crippen LogP) is 15.1. The summed E-state index contributed by atoms with van der Waals surface area (Å²) in [4.78, 5) is 37.7. The third-order valence-corrected chi connectivity index (χ3v) is 10.8. The zero-order chi connectivity index (χ0) is 39.6. The Kier molecular flexibility index (Phi) is 41.3. The van der Waals surface area contributed by atoms with Gasteiger partial charge in [-0.05, 0) is 25.2 Å². The standard InChI is InChI=1S/C48H92O6/c1-5-7-9-11-13-15-17-19-20-22-24-28-33-37-41-48(51)54-45(43-53-47(50)40-36-32-29-25-26-30-34-38-44(3)4)42-52-46(49)39-35-31-27-23-21-18-16-14-12-10-8-6-2/h44-45H,5-43H2,1-4H3/t45-/m1/s1. The van der Waals surface area contributed by atoms with Crippen molar-refractivity contribution in [1.29, 1.82) is 0 Å². The summed E-state index contributed by atoms with van der Waals surface area (Å²) in [5.41, 5.74) is 0. The van der Waals surface area contributed by atoms with Crippen molar-refractivity contribution in [1.82, 2.24) is 0 Å². The van der Waals surface area contributed by atoms with Crippen LogP contribution in [0.3, 0.4) is 0 Å². The van der Waals surface area contributed by atoms with Gasteiger partial charge in [0.1, 0.15) is 13.2 Å². The van der Waals surface area contributed by atoms with Gasteiger partial charge in [-0.1, -0.05) is 227 Å². The highest BCUT2D eigenvalue weighted by molar-refractivity contribution is 5.71. The minimum Gasteiger partial charge on any atom is -0.462 e. The van der Waals surface area contributed by atoms with Crippen molar-refractivity contribution in [2.45, 2.75) is 271 Å². The first kappa shape index (κ1) is 52.4. The minimum atomic E-state index is -0.759. The van der Waals surface area contributed by atoms with Crippen LogP contribution < -0.4 is 0 Å². The van der Waals surface area contributed by atoms with Crippen LogP contribution in [0.5, 0.6) is 0 Å². The highest BCUT2D eigenvalue weighted by atomic mass is 16.6. The van der Waals surface area contributed by atoms with Crippen LogP contribution in [0.2, 0.25) is 0 Å². The number of rotatable bonds is 43. The molecule has 0 N–H and O–H groups in total. The molecular weight excluding hydrogens is 673 g/mol. The minimum absolute atomic E-state index is 0.0638. The van der Waals surface area contributed by atoms with Crippen molar-refractivity contribution in [3.05, 3.63) is 0 Å². The van der Waals surface area contributed by atoms with E-state index in [4.69, 9.17) is 14.2 Å². The van der Waals surface area contributed by atoms with Crippen molar-refractivity contribution in [3.63, 3.8) is 0 Å². The van der Waals surface area contributed by atoms with Crippen LogP contribution in [0.4, 0.5) is 0 Å². The number of carbonyl (C=O) groups excluding carboxylic acids is 3. The van der Waals surface area contributed by atoms with E-state index in [0.29, 0.717) is 19.3 Å². The number of esters is 3. The van der Waals surface area contributed by atoms with Crippen LogP contribution in [-0.2, 0) is 28.6 Å². The summed E-state index contributed by atoms with van der Waals surface area (Å²) >= 11 is 0. The quantitative estimate of drug-likeness (QED) is 0.0349. The van der Waals surface area contributed by atoms with Gasteiger partial charge < -0.3 is 14.2 Å². The summed E-state index contributed by atoms with van der Waals surface area (Å²) in [6.45, 7) is 8.96. The van der Waals surface area contributed by atoms with Gasteiger partial charge >= 0.3 is 17.9 Å². The molecule has 1 atom stereocenters. The second-order valence-corrected chi connectivity index (χ2v) is 16.9. The average molecular weight is 765 g/mol. The first-order valence-electron chi connectivity index (χ1n) is 23.9. The molecule has 0 saturated carbocycles. The Labute approximate surface area is 336 Å². The van der Waals surface area contributed by atoms with Gasteiger partial charge in [0.15, 0.2) is 6.10 Å². The molecule has 320 valence electrons. The summed E-state index contributed by atoms with van der Waals surface area (Å²) < 4.78 is 16.7. The van der Waals surface area contributed by atoms with Gasteiger partial charge in [0.2, 0.25) is 0 Å². The fraction of sp³-hybridized carbons (Fsp3) is 0.938. The highest BCUT2D eigenvalue weighted by Crippen LogP contribution is 2.16. The van der Waals surface area contributed by atoms with Gasteiger partial charge in [-0.2, -0.15) is 0 Å². The fourth-order valence-electron chi connectivity index (χ4n) is 7.16. The van der Waals surface area contributed by atoms with Gasteiger partial charge in [-0.25, -0.2) is 0 Å². The van der Waals surface area contributed by atoms with Crippen molar-refractivity contribution >= 4 is 17.9 Å². The Morgan fingerprint density at radius 1 is 0.352 bits per heavy atom. The van der Waals surface area contributed by atoms with Crippen LogP contribution >= 0.6 is 0 Å². The van der Waals surface area contributed by atoms with Crippen LogP contribution in [0.25, 0.3) is 0 Å². The van der Waals surface area contributed by atoms with Crippen LogP contribution in [-0.4, -0.2) is 37.2 Å². The summed E-state index contributed by atoms with van der Waals surface area (Å²) in [6.07, 6.45) is 42.3. The lowest BCUT2D eigenvalue weighted by Crippen LogP contribution is -2.30. The lowest BCUT2D eigenvalue weighted by molar-refractivity contribution is -0.167. The lowest BCUT2D eigenvalue weighted by Gasteiger charge is -2.18. The first-order chi connectivity index (χ1) is 26.4. The predicted molar refractivity (Wildman–Crippen MR) is 229 cm³/mol. The third kappa shape index (κ3) is 41.6. The number of hydrogen-bond acceptors (Lipinski definition) is 6. The first-order valence-corrected chi connectivity index (χ1v) is 23.9. The number of ether oxygens (including phenoxy) is 3. The Morgan fingerprint density at radius 3 is 0.907 bits per heavy atom. The van der Waals surface area contributed by atoms with Crippen LogP contribution in [0, 0.1) is 5.92 Å². The summed E-state index contributed by atoms with van der Waals surface area (Å²) in [5, 5.41) is 0. The molecule has 6 heteroatoms. The topological polar surface area (TPSA) is 78.9 Å². The largest absolute Gasteiger partial charge is 0.462 e. The average Bonchev–Trinajstić information content (AvgIpc) is 3.15. The van der Waals surface area contributed by atoms with Crippen molar-refractivity contribution in [3.8, 4) is 0 Å². The SMILES string of the molecule is CCCCCCCCCCCCCCCCC(=O)O[C@H](COC(=O)CCCCCCCCCCCCCC)COC(=O)CCCCCCCCCC(C)C. The van der Waals surface area contributed by atoms with E-state index in [9.17, 15) is 14.4 Å². The van der Waals surface area contributed by atoms with Crippen molar-refractivity contribution in [2.24, 2.45) is 5.92 Å². The van der Waals surface area contributed by atoms with Crippen LogP contribution in [0.1, 0.15) is 265 Å². The van der Waals surface area contributed by atoms with Gasteiger partial charge in [-0.3, -0.25) is 14.4 Å². The molecule has 0 spiro atoms. The number of unbranched alkanes of at least 4 members (excludes halogenated alkanes) is 30. The van der Waals surface area contributed by atoms with E-state index < -0.39 is 6.10 Å². The Balaban J connectivity index is 4.32. The summed E-state index contributed by atoms with van der Waals surface area (Å²) in [5.74, 6) is -0.0713. The highest BCUT2D eigenvalue weighted by Gasteiger charge is 2.19. The zero-order valence-corrected chi connectivity index (χ0v) is 36.7. The van der Waals surface area contributed by atoms with E-state index in [1.807, 2.05) is 0 Å². The maximum absolute atomic E-state index is 12.7. The van der Waals surface area contributed by atoms with E-state index in [-0.39, 0.29) is 31.1 Å². The molecule has 0 bridgehead atoms. The van der Waals surface area contributed by atoms with Gasteiger partial charge in [0.25, 0.3) is 0 Å². The third-order valence-electron chi connectivity index (χ3n) is 10.8. The molecule has 0 amide bonds. The second kappa shape index (κ2) is 42.6. The normalized spacial score (nSPS) is 11.9. The van der Waals surface area contributed by atoms with E-state index in [0.717, 1.165) is 63.7 Å². The van der Waals surface area contributed by atoms with E-state index >= 15 is 0 Å². The lowest BCUT2D eigenvalue weighted by atomic mass is 10.0. The number of hydrogen-bond donors (Lipinski definition) is 0. The molecule has 0 aliphatic rings. The van der Waals surface area contributed by atoms with E-state index in [2.05, 4.69) is 27.7 Å². The molecule has 0 aliphatic carbocycles. The maximum Gasteiger partial charge on any atom is 0.306 e. The number of carbonyl (C=O) groups is 3. The van der Waals surface area contributed by atoms with Crippen molar-refractivity contribution < 1.29 is 28.6 Å². The van der Waals surface area contributed by atoms with Gasteiger partial charge in [-0.15, -0.1) is 0 Å². The summed E-state index contributed by atoms with van der Waals surface area (Å²) in [7, 11) is 0. The molecule has 6 nitrogen and oxygen atoms in total. The molecule has 0 rings (SSSR count). The molecule has 0 aliphatic heterocycles. The summed E-state index contributed by atoms with van der Waals surface area (Å²) in [6, 6.07) is 0. The molecule has 0 unspecified atom stereocenters. The fourth-order valence-corrected chi connectivity index (χ4v) is 7.16. The monoisotopic (exact) mass is 765 g/mol. The van der Waals surface area contributed by atoms with Gasteiger partial charge in [0, 0.05) is 19.3 Å². The molecule has 0 saturated heterocycles. The molecule has 0 aromatic rings. The molecule has 0 aromatic heterocycles. The van der Waals surface area contributed by atoms with Gasteiger partial charge in [0.05, 0.1) is 0 Å². The van der Waals surface area contributed by atoms with Crippen LogP contribution in [0.15, 0.2) is 0 Å². The Hall–Kier alpha value is -1.59. The second-order valence-electron chi connectivity index (χ2n) is 16.9. The Morgan fingerprint density at radius 2 is 0.611 bits per heavy atom. The molecule has 0 radical (unpaired) electrons. The molecule has 0 heterocycles. The molecule has 0 fully saturated rings. The maximum atomic E-state index is 12.7. The van der Waals surface area contributed by atoms with Crippen molar-refractivity contribution in [2.75, 3.05) is 13.2 Å². The molecule has 0 aromatic carbocycles.